The van der Waals surface area contributed by atoms with Crippen LogP contribution in [0.2, 0.25) is 0 Å². The maximum absolute atomic E-state index is 11.7. The van der Waals surface area contributed by atoms with Crippen LogP contribution < -0.4 is 0 Å². The van der Waals surface area contributed by atoms with Crippen LogP contribution in [-0.4, -0.2) is 42.1 Å². The Bertz CT molecular complexity index is 1050. The average Bonchev–Trinajstić information content (AvgIpc) is 3.36. The molecular formula is C27H32N2O3. The zero-order valence-corrected chi connectivity index (χ0v) is 19.2. The van der Waals surface area contributed by atoms with Crippen LogP contribution in [-0.2, 0) is 20.1 Å². The standard InChI is InChI=1S/C25H26N2O3.C2H6/c1-18(28)27-12-9-24(10-13-27)25(29-14-15-30-25)23-6-4-19(5-7-23)20-2-3-22-17-26-11-8-21(22)16-20;1-2/h2-8,11,16-17,24H,9-10,12-15H2,1H3;1-2H3. The molecule has 1 amide bonds. The molecule has 5 rings (SSSR count). The Hall–Kier alpha value is -2.76. The molecule has 1 aromatic heterocycles. The Morgan fingerprint density at radius 2 is 1.59 bits per heavy atom. The van der Waals surface area contributed by atoms with E-state index in [1.54, 1.807) is 6.92 Å². The van der Waals surface area contributed by atoms with E-state index < -0.39 is 5.79 Å². The van der Waals surface area contributed by atoms with Gasteiger partial charge in [-0.2, -0.15) is 0 Å². The molecule has 5 heteroatoms. The maximum Gasteiger partial charge on any atom is 0.219 e. The van der Waals surface area contributed by atoms with Crippen molar-refractivity contribution < 1.29 is 14.3 Å². The van der Waals surface area contributed by atoms with Gasteiger partial charge in [0.2, 0.25) is 5.91 Å². The van der Waals surface area contributed by atoms with E-state index in [4.69, 9.17) is 9.47 Å². The van der Waals surface area contributed by atoms with Crippen LogP contribution in [0.25, 0.3) is 21.9 Å². The summed E-state index contributed by atoms with van der Waals surface area (Å²) in [6.07, 6.45) is 5.49. The van der Waals surface area contributed by atoms with E-state index in [1.165, 1.54) is 10.9 Å². The largest absolute Gasteiger partial charge is 0.343 e. The van der Waals surface area contributed by atoms with Crippen molar-refractivity contribution in [3.63, 3.8) is 0 Å². The summed E-state index contributed by atoms with van der Waals surface area (Å²) >= 11 is 0. The van der Waals surface area contributed by atoms with Crippen LogP contribution in [0, 0.1) is 5.92 Å². The number of amides is 1. The number of carbonyl (C=O) groups excluding carboxylic acids is 1. The van der Waals surface area contributed by atoms with Gasteiger partial charge in [0.05, 0.1) is 13.2 Å². The molecule has 0 spiro atoms. The molecule has 0 aliphatic carbocycles. The zero-order valence-electron chi connectivity index (χ0n) is 19.2. The number of carbonyl (C=O) groups is 1. The highest BCUT2D eigenvalue weighted by atomic mass is 16.7. The third-order valence-corrected chi connectivity index (χ3v) is 6.46. The summed E-state index contributed by atoms with van der Waals surface area (Å²) in [4.78, 5) is 17.8. The van der Waals surface area contributed by atoms with Gasteiger partial charge in [0.15, 0.2) is 5.79 Å². The second-order valence-electron chi connectivity index (χ2n) is 8.16. The monoisotopic (exact) mass is 432 g/mol. The van der Waals surface area contributed by atoms with Crippen molar-refractivity contribution in [1.29, 1.82) is 0 Å². The minimum atomic E-state index is -0.698. The van der Waals surface area contributed by atoms with E-state index in [9.17, 15) is 4.79 Å². The molecule has 3 heterocycles. The maximum atomic E-state index is 11.7. The van der Waals surface area contributed by atoms with Crippen LogP contribution in [0.1, 0.15) is 39.2 Å². The summed E-state index contributed by atoms with van der Waals surface area (Å²) < 4.78 is 12.5. The molecular weight excluding hydrogens is 400 g/mol. The summed E-state index contributed by atoms with van der Waals surface area (Å²) in [7, 11) is 0. The molecule has 0 radical (unpaired) electrons. The van der Waals surface area contributed by atoms with Crippen LogP contribution in [0.15, 0.2) is 60.9 Å². The summed E-state index contributed by atoms with van der Waals surface area (Å²) in [5, 5.41) is 2.32. The van der Waals surface area contributed by atoms with Crippen molar-refractivity contribution in [3.8, 4) is 11.1 Å². The lowest BCUT2D eigenvalue weighted by Gasteiger charge is -2.41. The number of piperidine rings is 1. The van der Waals surface area contributed by atoms with Crippen LogP contribution >= 0.6 is 0 Å². The summed E-state index contributed by atoms with van der Waals surface area (Å²) in [6.45, 7) is 8.37. The van der Waals surface area contributed by atoms with Gasteiger partial charge in [-0.15, -0.1) is 0 Å². The molecule has 2 aromatic carbocycles. The summed E-state index contributed by atoms with van der Waals surface area (Å²) in [5.41, 5.74) is 3.41. The van der Waals surface area contributed by atoms with Crippen molar-refractivity contribution in [2.75, 3.05) is 26.3 Å². The van der Waals surface area contributed by atoms with Crippen molar-refractivity contribution >= 4 is 16.7 Å². The lowest BCUT2D eigenvalue weighted by atomic mass is 9.83. The van der Waals surface area contributed by atoms with E-state index in [1.807, 2.05) is 37.2 Å². The Balaban J connectivity index is 0.00000119. The van der Waals surface area contributed by atoms with E-state index in [-0.39, 0.29) is 11.8 Å². The highest BCUT2D eigenvalue weighted by Gasteiger charge is 2.47. The molecule has 2 aliphatic rings. The Morgan fingerprint density at radius 3 is 2.25 bits per heavy atom. The number of hydrogen-bond acceptors (Lipinski definition) is 4. The molecule has 0 atom stereocenters. The minimum absolute atomic E-state index is 0.145. The third kappa shape index (κ3) is 4.27. The van der Waals surface area contributed by atoms with Gasteiger partial charge < -0.3 is 14.4 Å². The second kappa shape index (κ2) is 9.80. The molecule has 2 fully saturated rings. The van der Waals surface area contributed by atoms with Gasteiger partial charge in [-0.1, -0.05) is 50.2 Å². The highest BCUT2D eigenvalue weighted by molar-refractivity contribution is 5.86. The van der Waals surface area contributed by atoms with Gasteiger partial charge in [-0.25, -0.2) is 0 Å². The number of likely N-dealkylation sites (tertiary alicyclic amines) is 1. The molecule has 32 heavy (non-hydrogen) atoms. The number of benzene rings is 2. The van der Waals surface area contributed by atoms with Crippen molar-refractivity contribution in [2.24, 2.45) is 5.92 Å². The predicted octanol–water partition coefficient (Wildman–Crippen LogP) is 5.39. The molecule has 2 saturated heterocycles. The van der Waals surface area contributed by atoms with Gasteiger partial charge >= 0.3 is 0 Å². The number of aromatic nitrogens is 1. The first kappa shape index (κ1) is 22.4. The molecule has 0 N–H and O–H groups in total. The lowest BCUT2D eigenvalue weighted by Crippen LogP contribution is -2.45. The average molecular weight is 433 g/mol. The first-order valence-electron chi connectivity index (χ1n) is 11.6. The number of hydrogen-bond donors (Lipinski definition) is 0. The van der Waals surface area contributed by atoms with Crippen LogP contribution in [0.4, 0.5) is 0 Å². The fraction of sp³-hybridized carbons (Fsp3) is 0.407. The number of fused-ring (bicyclic) bond motifs is 1. The number of rotatable bonds is 3. The molecule has 0 unspecified atom stereocenters. The Morgan fingerprint density at radius 1 is 0.938 bits per heavy atom. The summed E-state index contributed by atoms with van der Waals surface area (Å²) in [5.74, 6) is -0.308. The van der Waals surface area contributed by atoms with E-state index in [0.717, 1.165) is 42.4 Å². The third-order valence-electron chi connectivity index (χ3n) is 6.46. The van der Waals surface area contributed by atoms with Gasteiger partial charge in [0, 0.05) is 49.3 Å². The fourth-order valence-corrected chi connectivity index (χ4v) is 4.80. The second-order valence-corrected chi connectivity index (χ2v) is 8.16. The SMILES string of the molecule is CC.CC(=O)N1CCC(C2(c3ccc(-c4ccc5cnccc5c4)cc3)OCCO2)CC1. The molecule has 2 aliphatic heterocycles. The van der Waals surface area contributed by atoms with Gasteiger partial charge in [0.25, 0.3) is 0 Å². The van der Waals surface area contributed by atoms with Gasteiger partial charge in [0.1, 0.15) is 0 Å². The van der Waals surface area contributed by atoms with E-state index in [0.29, 0.717) is 13.2 Å². The predicted molar refractivity (Wildman–Crippen MR) is 127 cm³/mol. The van der Waals surface area contributed by atoms with Crippen molar-refractivity contribution in [3.05, 3.63) is 66.5 Å². The fourth-order valence-electron chi connectivity index (χ4n) is 4.80. The first-order valence-corrected chi connectivity index (χ1v) is 11.6. The number of pyridine rings is 1. The van der Waals surface area contributed by atoms with Crippen LogP contribution in [0.5, 0.6) is 0 Å². The van der Waals surface area contributed by atoms with Crippen molar-refractivity contribution in [2.45, 2.75) is 39.4 Å². The summed E-state index contributed by atoms with van der Waals surface area (Å²) in [6, 6.07) is 17.0. The molecule has 3 aromatic rings. The number of ether oxygens (including phenoxy) is 2. The zero-order chi connectivity index (χ0) is 22.6. The smallest absolute Gasteiger partial charge is 0.219 e. The van der Waals surface area contributed by atoms with Crippen molar-refractivity contribution in [1.82, 2.24) is 9.88 Å². The lowest BCUT2D eigenvalue weighted by molar-refractivity contribution is -0.214. The first-order chi connectivity index (χ1) is 15.7. The molecule has 5 nitrogen and oxygen atoms in total. The van der Waals surface area contributed by atoms with Crippen LogP contribution in [0.3, 0.4) is 0 Å². The molecule has 0 bridgehead atoms. The van der Waals surface area contributed by atoms with Gasteiger partial charge in [-0.05, 0) is 41.5 Å². The normalized spacial score (nSPS) is 18.3. The minimum Gasteiger partial charge on any atom is -0.343 e. The molecule has 168 valence electrons. The Kier molecular flexibility index (Phi) is 6.87. The van der Waals surface area contributed by atoms with E-state index in [2.05, 4.69) is 47.4 Å². The van der Waals surface area contributed by atoms with E-state index >= 15 is 0 Å². The van der Waals surface area contributed by atoms with Gasteiger partial charge in [-0.3, -0.25) is 9.78 Å². The highest BCUT2D eigenvalue weighted by Crippen LogP contribution is 2.44. The topological polar surface area (TPSA) is 51.7 Å². The number of nitrogens with zero attached hydrogens (tertiary/aromatic N) is 2. The quantitative estimate of drug-likeness (QED) is 0.557. The molecule has 0 saturated carbocycles. The Labute approximate surface area is 190 Å².